The number of alkyl halides is 3. The Morgan fingerprint density at radius 3 is 2.14 bits per heavy atom. The van der Waals surface area contributed by atoms with Crippen molar-refractivity contribution in [1.29, 1.82) is 0 Å². The first-order chi connectivity index (χ1) is 12.6. The van der Waals surface area contributed by atoms with Crippen molar-refractivity contribution < 1.29 is 37.4 Å². The van der Waals surface area contributed by atoms with Crippen LogP contribution in [0.5, 0.6) is 0 Å². The number of hydrogen-bond acceptors (Lipinski definition) is 3. The topological polar surface area (TPSA) is 42.9 Å². The van der Waals surface area contributed by atoms with Crippen LogP contribution in [0.2, 0.25) is 0 Å². The fourth-order valence-corrected chi connectivity index (χ4v) is 3.36. The van der Waals surface area contributed by atoms with Gasteiger partial charge in [-0.05, 0) is 24.3 Å². The van der Waals surface area contributed by atoms with E-state index in [9.17, 15) is 37.4 Å². The zero-order valence-electron chi connectivity index (χ0n) is 13.4. The van der Waals surface area contributed by atoms with Gasteiger partial charge in [-0.3, -0.25) is 9.78 Å². The summed E-state index contributed by atoms with van der Waals surface area (Å²) < 4.78 is 106. The number of para-hydroxylation sites is 1. The van der Waals surface area contributed by atoms with Crippen molar-refractivity contribution in [3.05, 3.63) is 65.6 Å². The summed E-state index contributed by atoms with van der Waals surface area (Å²) in [6.45, 7) is 0. The molecule has 0 fully saturated rings. The Bertz CT molecular complexity index is 1100. The standard InChI is InChI=1S/C16H8F8N2OS/c17-16(18,19)13-8-10(15(27)11-5-1-2-7-25-11)9-4-3-6-12(14(9)26-13)28(20,21,22,23)24/h1-8H. The highest BCUT2D eigenvalue weighted by molar-refractivity contribution is 8.46. The Balaban J connectivity index is 2.45. The summed E-state index contributed by atoms with van der Waals surface area (Å²) in [5, 5.41) is -0.797. The zero-order valence-corrected chi connectivity index (χ0v) is 14.2. The number of carbonyl (C=O) groups is 1. The molecule has 0 radical (unpaired) electrons. The molecule has 2 heterocycles. The molecule has 1 aromatic carbocycles. The second-order valence-electron chi connectivity index (χ2n) is 5.72. The Hall–Kier alpha value is -2.76. The number of halogens is 8. The third-order valence-electron chi connectivity index (χ3n) is 3.65. The van der Waals surface area contributed by atoms with Gasteiger partial charge in [0.2, 0.25) is 5.78 Å². The van der Waals surface area contributed by atoms with E-state index in [2.05, 4.69) is 9.97 Å². The molecule has 2 aromatic heterocycles. The summed E-state index contributed by atoms with van der Waals surface area (Å²) >= 11 is 0. The normalized spacial score (nSPS) is 15.1. The lowest BCUT2D eigenvalue weighted by molar-refractivity contribution is -0.141. The first kappa shape index (κ1) is 20.0. The van der Waals surface area contributed by atoms with E-state index in [0.29, 0.717) is 6.07 Å². The van der Waals surface area contributed by atoms with Gasteiger partial charge in [-0.2, -0.15) is 13.2 Å². The largest absolute Gasteiger partial charge is 0.433 e. The SMILES string of the molecule is O=C(c1ccccn1)c1cc(C(F)(F)F)nc2c(S(F)(F)(F)(F)F)cccc12. The van der Waals surface area contributed by atoms with E-state index < -0.39 is 49.2 Å². The summed E-state index contributed by atoms with van der Waals surface area (Å²) in [7, 11) is -10.4. The highest BCUT2D eigenvalue weighted by Crippen LogP contribution is 3.02. The van der Waals surface area contributed by atoms with Gasteiger partial charge >= 0.3 is 16.4 Å². The van der Waals surface area contributed by atoms with Crippen LogP contribution in [0, 0.1) is 0 Å². The van der Waals surface area contributed by atoms with Crippen LogP contribution in [-0.2, 0) is 6.18 Å². The number of rotatable bonds is 3. The number of ketones is 1. The second kappa shape index (κ2) is 5.40. The highest BCUT2D eigenvalue weighted by Gasteiger charge is 2.66. The van der Waals surface area contributed by atoms with Crippen LogP contribution < -0.4 is 0 Å². The van der Waals surface area contributed by atoms with Crippen LogP contribution in [0.3, 0.4) is 0 Å². The average molecular weight is 428 g/mol. The van der Waals surface area contributed by atoms with Crippen LogP contribution in [0.4, 0.5) is 32.6 Å². The molecule has 3 nitrogen and oxygen atoms in total. The molecule has 0 unspecified atom stereocenters. The van der Waals surface area contributed by atoms with Gasteiger partial charge in [0, 0.05) is 17.1 Å². The third-order valence-corrected chi connectivity index (χ3v) is 4.81. The molecule has 0 aliphatic carbocycles. The molecule has 3 rings (SSSR count). The second-order valence-corrected chi connectivity index (χ2v) is 8.10. The number of aromatic nitrogens is 2. The highest BCUT2D eigenvalue weighted by atomic mass is 32.5. The molecule has 0 amide bonds. The van der Waals surface area contributed by atoms with Crippen molar-refractivity contribution in [3.63, 3.8) is 0 Å². The predicted molar refractivity (Wildman–Crippen MR) is 85.8 cm³/mol. The molecular weight excluding hydrogens is 420 g/mol. The molecule has 0 aliphatic heterocycles. The number of carbonyl (C=O) groups excluding carboxylic acids is 1. The van der Waals surface area contributed by atoms with Crippen LogP contribution >= 0.6 is 10.2 Å². The van der Waals surface area contributed by atoms with E-state index in [1.807, 2.05) is 0 Å². The first-order valence-electron chi connectivity index (χ1n) is 7.29. The van der Waals surface area contributed by atoms with E-state index in [-0.39, 0.29) is 17.8 Å². The van der Waals surface area contributed by atoms with Gasteiger partial charge in [0.25, 0.3) is 0 Å². The lowest BCUT2D eigenvalue weighted by Gasteiger charge is -2.40. The number of pyridine rings is 2. The quantitative estimate of drug-likeness (QED) is 0.352. The molecule has 28 heavy (non-hydrogen) atoms. The maximum atomic E-state index is 13.3. The Morgan fingerprint density at radius 2 is 1.61 bits per heavy atom. The molecule has 0 N–H and O–H groups in total. The van der Waals surface area contributed by atoms with Crippen molar-refractivity contribution in [2.45, 2.75) is 11.1 Å². The van der Waals surface area contributed by atoms with E-state index in [4.69, 9.17) is 0 Å². The molecule has 0 saturated carbocycles. The van der Waals surface area contributed by atoms with Crippen molar-refractivity contribution in [3.8, 4) is 0 Å². The summed E-state index contributed by atoms with van der Waals surface area (Å²) in [4.78, 5) is 16.4. The average Bonchev–Trinajstić information content (AvgIpc) is 2.57. The van der Waals surface area contributed by atoms with E-state index in [0.717, 1.165) is 18.3 Å². The minimum Gasteiger partial charge on any atom is -0.287 e. The fraction of sp³-hybridized carbons (Fsp3) is 0.0625. The number of nitrogens with zero attached hydrogens (tertiary/aromatic N) is 2. The van der Waals surface area contributed by atoms with E-state index in [1.54, 1.807) is 0 Å². The molecule has 0 spiro atoms. The smallest absolute Gasteiger partial charge is 0.287 e. The Morgan fingerprint density at radius 1 is 0.929 bits per heavy atom. The van der Waals surface area contributed by atoms with Crippen molar-refractivity contribution >= 4 is 26.9 Å². The summed E-state index contributed by atoms with van der Waals surface area (Å²) in [5.74, 6) is -1.17. The summed E-state index contributed by atoms with van der Waals surface area (Å²) in [6.07, 6.45) is -4.14. The van der Waals surface area contributed by atoms with Crippen LogP contribution in [0.15, 0.2) is 53.6 Å². The van der Waals surface area contributed by atoms with Crippen LogP contribution in [0.1, 0.15) is 21.7 Å². The van der Waals surface area contributed by atoms with Crippen LogP contribution in [0.25, 0.3) is 10.9 Å². The zero-order chi connectivity index (χ0) is 21.0. The lowest BCUT2D eigenvalue weighted by atomic mass is 10.0. The molecular formula is C16H8F8N2OS. The molecule has 150 valence electrons. The third kappa shape index (κ3) is 3.77. The van der Waals surface area contributed by atoms with Gasteiger partial charge in [-0.25, -0.2) is 4.98 Å². The van der Waals surface area contributed by atoms with Gasteiger partial charge in [-0.15, -0.1) is 0 Å². The molecule has 0 saturated heterocycles. The fourth-order valence-electron chi connectivity index (χ4n) is 2.50. The maximum Gasteiger partial charge on any atom is 0.433 e. The van der Waals surface area contributed by atoms with Gasteiger partial charge < -0.3 is 0 Å². The van der Waals surface area contributed by atoms with Gasteiger partial charge in [-0.1, -0.05) is 37.6 Å². The van der Waals surface area contributed by atoms with Crippen molar-refractivity contribution in [2.24, 2.45) is 0 Å². The number of hydrogen-bond donors (Lipinski definition) is 0. The Kier molecular flexibility index (Phi) is 3.85. The van der Waals surface area contributed by atoms with Gasteiger partial charge in [0.1, 0.15) is 16.3 Å². The van der Waals surface area contributed by atoms with Gasteiger partial charge in [0.15, 0.2) is 0 Å². The Labute approximate surface area is 151 Å². The van der Waals surface area contributed by atoms with E-state index >= 15 is 0 Å². The minimum absolute atomic E-state index is 0.0634. The van der Waals surface area contributed by atoms with Crippen molar-refractivity contribution in [2.75, 3.05) is 0 Å². The lowest BCUT2D eigenvalue weighted by Crippen LogP contribution is -2.15. The molecule has 0 atom stereocenters. The van der Waals surface area contributed by atoms with Crippen molar-refractivity contribution in [1.82, 2.24) is 9.97 Å². The first-order valence-corrected chi connectivity index (χ1v) is 9.24. The molecule has 12 heteroatoms. The summed E-state index contributed by atoms with van der Waals surface area (Å²) in [6, 6.07) is 5.38. The number of fused-ring (bicyclic) bond motifs is 1. The minimum atomic E-state index is -10.4. The number of benzene rings is 1. The molecule has 0 bridgehead atoms. The maximum absolute atomic E-state index is 13.3. The predicted octanol–water partition coefficient (Wildman–Crippen LogP) is 6.54. The monoisotopic (exact) mass is 428 g/mol. The van der Waals surface area contributed by atoms with Crippen LogP contribution in [-0.4, -0.2) is 15.8 Å². The molecule has 3 aromatic rings. The molecule has 0 aliphatic rings. The van der Waals surface area contributed by atoms with E-state index in [1.165, 1.54) is 12.1 Å². The van der Waals surface area contributed by atoms with Gasteiger partial charge in [0.05, 0.1) is 5.52 Å². The summed E-state index contributed by atoms with van der Waals surface area (Å²) in [5.41, 5.74) is -4.81.